The maximum Gasteiger partial charge on any atom is 0.238 e. The van der Waals surface area contributed by atoms with Crippen molar-refractivity contribution in [2.75, 3.05) is 16.4 Å². The average Bonchev–Trinajstić information content (AvgIpc) is 3.34. The summed E-state index contributed by atoms with van der Waals surface area (Å²) in [6.45, 7) is 3.46. The van der Waals surface area contributed by atoms with Crippen LogP contribution in [0.4, 0.5) is 10.9 Å². The van der Waals surface area contributed by atoms with Gasteiger partial charge < -0.3 is 15.2 Å². The number of thioether (sulfide) groups is 1. The third-order valence-electron chi connectivity index (χ3n) is 3.29. The average molecular weight is 443 g/mol. The number of thiazole rings is 1. The first-order chi connectivity index (χ1) is 12.9. The van der Waals surface area contributed by atoms with Crippen molar-refractivity contribution in [3.05, 3.63) is 33.7 Å². The highest BCUT2D eigenvalue weighted by molar-refractivity contribution is 8.01. The summed E-state index contributed by atoms with van der Waals surface area (Å²) in [6, 6.07) is 5.32. The van der Waals surface area contributed by atoms with Crippen LogP contribution in [0.3, 0.4) is 0 Å². The molecule has 0 aromatic carbocycles. The van der Waals surface area contributed by atoms with Crippen LogP contribution in [-0.2, 0) is 9.59 Å². The Bertz CT molecular complexity index is 952. The summed E-state index contributed by atoms with van der Waals surface area (Å²) in [5, 5.41) is 11.0. The lowest BCUT2D eigenvalue weighted by Gasteiger charge is -2.09. The van der Waals surface area contributed by atoms with Gasteiger partial charge in [-0.3, -0.25) is 9.59 Å². The van der Waals surface area contributed by atoms with Gasteiger partial charge in [0.05, 0.1) is 25.9 Å². The van der Waals surface area contributed by atoms with E-state index in [0.29, 0.717) is 21.0 Å². The van der Waals surface area contributed by atoms with Crippen molar-refractivity contribution in [3.63, 3.8) is 0 Å². The van der Waals surface area contributed by atoms with Gasteiger partial charge in [-0.05, 0) is 26.0 Å². The molecule has 0 aliphatic heterocycles. The summed E-state index contributed by atoms with van der Waals surface area (Å²) in [4.78, 5) is 29.5. The van der Waals surface area contributed by atoms with Gasteiger partial charge in [-0.25, -0.2) is 4.98 Å². The van der Waals surface area contributed by atoms with Crippen molar-refractivity contribution in [2.24, 2.45) is 0 Å². The van der Waals surface area contributed by atoms with Gasteiger partial charge in [-0.2, -0.15) is 0 Å². The molecule has 2 amide bonds. The van der Waals surface area contributed by atoms with Crippen LogP contribution in [0.5, 0.6) is 0 Å². The van der Waals surface area contributed by atoms with Crippen molar-refractivity contribution in [1.82, 2.24) is 10.1 Å². The van der Waals surface area contributed by atoms with Crippen molar-refractivity contribution in [1.29, 1.82) is 0 Å². The number of nitrogens with one attached hydrogen (secondary N) is 2. The van der Waals surface area contributed by atoms with Gasteiger partial charge in [0.2, 0.25) is 11.8 Å². The van der Waals surface area contributed by atoms with Gasteiger partial charge in [0.1, 0.15) is 5.76 Å². The van der Waals surface area contributed by atoms with Crippen LogP contribution in [0.15, 0.2) is 28.1 Å². The summed E-state index contributed by atoms with van der Waals surface area (Å²) in [6.07, 6.45) is 0. The molecule has 142 valence electrons. The topological polar surface area (TPSA) is 97.1 Å². The fourth-order valence-corrected chi connectivity index (χ4v) is 4.47. The molecule has 3 rings (SSSR count). The molecule has 0 saturated heterocycles. The van der Waals surface area contributed by atoms with Gasteiger partial charge in [-0.15, -0.1) is 34.4 Å². The fraction of sp³-hybridized carbons (Fsp3) is 0.250. The molecule has 0 aliphatic carbocycles. The van der Waals surface area contributed by atoms with Gasteiger partial charge in [0.25, 0.3) is 0 Å². The number of rotatable bonds is 7. The van der Waals surface area contributed by atoms with E-state index in [0.717, 1.165) is 10.6 Å². The smallest absolute Gasteiger partial charge is 0.238 e. The summed E-state index contributed by atoms with van der Waals surface area (Å²) in [5.41, 5.74) is 0.774. The molecule has 0 fully saturated rings. The zero-order chi connectivity index (χ0) is 19.4. The second-order valence-corrected chi connectivity index (χ2v) is 9.36. The van der Waals surface area contributed by atoms with Crippen LogP contribution >= 0.6 is 46.0 Å². The third-order valence-corrected chi connectivity index (χ3v) is 6.44. The first-order valence-corrected chi connectivity index (χ1v) is 10.9. The Kier molecular flexibility index (Phi) is 6.53. The van der Waals surface area contributed by atoms with E-state index in [1.54, 1.807) is 19.9 Å². The summed E-state index contributed by atoms with van der Waals surface area (Å²) in [7, 11) is 0. The molecule has 0 aliphatic rings. The number of thiophene rings is 1. The maximum absolute atomic E-state index is 12.1. The van der Waals surface area contributed by atoms with Crippen LogP contribution in [0, 0.1) is 6.92 Å². The predicted octanol–water partition coefficient (Wildman–Crippen LogP) is 4.52. The predicted molar refractivity (Wildman–Crippen MR) is 111 cm³/mol. The van der Waals surface area contributed by atoms with Crippen LogP contribution in [-0.4, -0.2) is 33.0 Å². The second-order valence-electron chi connectivity index (χ2n) is 5.46. The van der Waals surface area contributed by atoms with E-state index in [1.807, 2.05) is 17.5 Å². The number of aromatic nitrogens is 2. The quantitative estimate of drug-likeness (QED) is 0.558. The molecule has 11 heteroatoms. The Balaban J connectivity index is 1.46. The summed E-state index contributed by atoms with van der Waals surface area (Å²) >= 11 is 9.92. The van der Waals surface area contributed by atoms with E-state index in [1.165, 1.54) is 34.4 Å². The molecule has 0 radical (unpaired) electrons. The van der Waals surface area contributed by atoms with Gasteiger partial charge in [0, 0.05) is 11.4 Å². The number of hydrogen-bond donors (Lipinski definition) is 2. The Hall–Kier alpha value is -1.88. The zero-order valence-electron chi connectivity index (χ0n) is 14.3. The lowest BCUT2D eigenvalue weighted by atomic mass is 10.4. The van der Waals surface area contributed by atoms with E-state index in [9.17, 15) is 9.59 Å². The van der Waals surface area contributed by atoms with Crippen LogP contribution in [0.2, 0.25) is 4.34 Å². The molecule has 2 N–H and O–H groups in total. The minimum absolute atomic E-state index is 0.131. The van der Waals surface area contributed by atoms with Crippen LogP contribution in [0.25, 0.3) is 10.6 Å². The molecule has 27 heavy (non-hydrogen) atoms. The molecule has 7 nitrogen and oxygen atoms in total. The number of carbonyl (C=O) groups is 2. The molecular weight excluding hydrogens is 428 g/mol. The molecule has 3 aromatic heterocycles. The normalized spacial score (nSPS) is 12.0. The first-order valence-electron chi connectivity index (χ1n) is 7.77. The second kappa shape index (κ2) is 8.87. The van der Waals surface area contributed by atoms with E-state index >= 15 is 0 Å². The van der Waals surface area contributed by atoms with Crippen molar-refractivity contribution in [3.8, 4) is 10.6 Å². The minimum atomic E-state index is -0.423. The van der Waals surface area contributed by atoms with Gasteiger partial charge in [-0.1, -0.05) is 16.8 Å². The molecule has 3 heterocycles. The standard InChI is InChI=1S/C16H15ClN4O3S3/c1-8-5-13(21-24-8)19-15(23)9(2)25-7-14(22)20-16-18-10(6-26-16)11-3-4-12(17)27-11/h3-6,9H,7H2,1-2H3,(H,18,20,22)(H,19,21,23). The lowest BCUT2D eigenvalue weighted by molar-refractivity contribution is -0.115. The molecule has 0 saturated carbocycles. The number of carbonyl (C=O) groups excluding carboxylic acids is 2. The monoisotopic (exact) mass is 442 g/mol. The van der Waals surface area contributed by atoms with E-state index < -0.39 is 5.25 Å². The van der Waals surface area contributed by atoms with E-state index in [2.05, 4.69) is 20.8 Å². The zero-order valence-corrected chi connectivity index (χ0v) is 17.5. The van der Waals surface area contributed by atoms with Crippen molar-refractivity contribution in [2.45, 2.75) is 19.1 Å². The Morgan fingerprint density at radius 2 is 2.19 bits per heavy atom. The summed E-state index contributed by atoms with van der Waals surface area (Å²) in [5.74, 6) is 0.636. The number of amides is 2. The van der Waals surface area contributed by atoms with Crippen LogP contribution in [0.1, 0.15) is 12.7 Å². The highest BCUT2D eigenvalue weighted by Gasteiger charge is 2.17. The van der Waals surface area contributed by atoms with E-state index in [4.69, 9.17) is 16.1 Å². The molecule has 1 atom stereocenters. The Labute approximate surface area is 172 Å². The van der Waals surface area contributed by atoms with E-state index in [-0.39, 0.29) is 17.6 Å². The number of hydrogen-bond acceptors (Lipinski definition) is 8. The highest BCUT2D eigenvalue weighted by Crippen LogP contribution is 2.32. The molecule has 1 unspecified atom stereocenters. The maximum atomic E-state index is 12.1. The first kappa shape index (κ1) is 19.9. The Morgan fingerprint density at radius 3 is 2.85 bits per heavy atom. The summed E-state index contributed by atoms with van der Waals surface area (Å²) < 4.78 is 5.58. The van der Waals surface area contributed by atoms with Crippen molar-refractivity contribution >= 4 is 68.8 Å². The number of halogens is 1. The minimum Gasteiger partial charge on any atom is -0.360 e. The SMILES string of the molecule is Cc1cc(NC(=O)C(C)SCC(=O)Nc2nc(-c3ccc(Cl)s3)cs2)no1. The molecule has 3 aromatic rings. The molecular formula is C16H15ClN4O3S3. The Morgan fingerprint density at radius 1 is 1.37 bits per heavy atom. The number of nitrogens with zero attached hydrogens (tertiary/aromatic N) is 2. The van der Waals surface area contributed by atoms with Crippen molar-refractivity contribution < 1.29 is 14.1 Å². The number of aryl methyl sites for hydroxylation is 1. The molecule has 0 bridgehead atoms. The third kappa shape index (κ3) is 5.55. The lowest BCUT2D eigenvalue weighted by Crippen LogP contribution is -2.25. The van der Waals surface area contributed by atoms with Crippen LogP contribution < -0.4 is 10.6 Å². The molecule has 0 spiro atoms. The van der Waals surface area contributed by atoms with Gasteiger partial charge >= 0.3 is 0 Å². The largest absolute Gasteiger partial charge is 0.360 e. The number of anilines is 2. The van der Waals surface area contributed by atoms with Gasteiger partial charge in [0.15, 0.2) is 10.9 Å². The fourth-order valence-electron chi connectivity index (χ4n) is 1.98. The highest BCUT2D eigenvalue weighted by atomic mass is 35.5.